The van der Waals surface area contributed by atoms with Crippen LogP contribution < -0.4 is 0 Å². The number of ketones is 1. The van der Waals surface area contributed by atoms with Gasteiger partial charge in [-0.3, -0.25) is 4.79 Å². The van der Waals surface area contributed by atoms with Crippen LogP contribution in [-0.4, -0.2) is 15.6 Å². The average molecular weight is 268 g/mol. The number of benzene rings is 1. The third kappa shape index (κ3) is 2.52. The maximum atomic E-state index is 12.4. The molecule has 1 aromatic carbocycles. The van der Waals surface area contributed by atoms with Crippen LogP contribution in [0.15, 0.2) is 30.5 Å². The Morgan fingerprint density at radius 2 is 1.79 bits per heavy atom. The molecule has 0 aliphatic rings. The lowest BCUT2D eigenvalue weighted by Crippen LogP contribution is -2.06. The van der Waals surface area contributed by atoms with Gasteiger partial charge in [0.05, 0.1) is 28.7 Å². The number of hydrogen-bond donors (Lipinski definition) is 0. The highest BCUT2D eigenvalue weighted by atomic mass is 19.4. The van der Waals surface area contributed by atoms with E-state index in [9.17, 15) is 18.0 Å². The van der Waals surface area contributed by atoms with Crippen molar-refractivity contribution in [3.05, 3.63) is 47.3 Å². The Kier molecular flexibility index (Phi) is 3.18. The van der Waals surface area contributed by atoms with Crippen LogP contribution in [0.4, 0.5) is 13.2 Å². The van der Waals surface area contributed by atoms with Crippen molar-refractivity contribution >= 4 is 5.78 Å². The van der Waals surface area contributed by atoms with Crippen LogP contribution in [0.2, 0.25) is 0 Å². The number of Topliss-reactive ketones (excluding diaryl/α,β-unsaturated/α-hetero) is 1. The van der Waals surface area contributed by atoms with E-state index in [1.165, 1.54) is 29.9 Å². The number of carbonyl (C=O) groups is 1. The summed E-state index contributed by atoms with van der Waals surface area (Å²) in [7, 11) is 0. The Balaban J connectivity index is 2.41. The Labute approximate surface area is 107 Å². The van der Waals surface area contributed by atoms with E-state index in [1.807, 2.05) is 0 Å². The maximum absolute atomic E-state index is 12.4. The van der Waals surface area contributed by atoms with Crippen LogP contribution in [0, 0.1) is 6.92 Å². The molecule has 0 aliphatic heterocycles. The lowest BCUT2D eigenvalue weighted by atomic mass is 10.2. The molecule has 0 saturated carbocycles. The van der Waals surface area contributed by atoms with Crippen molar-refractivity contribution < 1.29 is 18.0 Å². The first-order valence-corrected chi connectivity index (χ1v) is 5.54. The molecule has 1 aromatic heterocycles. The zero-order chi connectivity index (χ0) is 14.2. The molecule has 0 atom stereocenters. The van der Waals surface area contributed by atoms with Crippen molar-refractivity contribution in [2.24, 2.45) is 0 Å². The van der Waals surface area contributed by atoms with E-state index >= 15 is 0 Å². The molecule has 0 N–H and O–H groups in total. The number of aromatic nitrogens is 2. The first kappa shape index (κ1) is 13.3. The van der Waals surface area contributed by atoms with Crippen molar-refractivity contribution in [3.63, 3.8) is 0 Å². The van der Waals surface area contributed by atoms with Crippen LogP contribution in [0.1, 0.15) is 28.5 Å². The summed E-state index contributed by atoms with van der Waals surface area (Å²) >= 11 is 0. The third-order valence-corrected chi connectivity index (χ3v) is 2.83. The highest BCUT2D eigenvalue weighted by Gasteiger charge is 2.30. The minimum absolute atomic E-state index is 0.129. The van der Waals surface area contributed by atoms with Gasteiger partial charge in [-0.05, 0) is 38.1 Å². The summed E-state index contributed by atoms with van der Waals surface area (Å²) in [6, 6.07) is 4.63. The van der Waals surface area contributed by atoms with E-state index in [2.05, 4.69) is 5.10 Å². The largest absolute Gasteiger partial charge is 0.416 e. The first-order chi connectivity index (χ1) is 8.80. The van der Waals surface area contributed by atoms with Crippen LogP contribution in [0.3, 0.4) is 0 Å². The topological polar surface area (TPSA) is 34.9 Å². The highest BCUT2D eigenvalue weighted by Crippen LogP contribution is 2.29. The number of nitrogens with zero attached hydrogens (tertiary/aromatic N) is 2. The van der Waals surface area contributed by atoms with Gasteiger partial charge in [0, 0.05) is 0 Å². The normalized spacial score (nSPS) is 11.6. The van der Waals surface area contributed by atoms with Crippen molar-refractivity contribution in [2.75, 3.05) is 0 Å². The van der Waals surface area contributed by atoms with E-state index in [1.54, 1.807) is 6.92 Å². The molecule has 100 valence electrons. The fraction of sp³-hybridized carbons (Fsp3) is 0.231. The molecule has 3 nitrogen and oxygen atoms in total. The Morgan fingerprint density at radius 1 is 1.21 bits per heavy atom. The Hall–Kier alpha value is -2.11. The third-order valence-electron chi connectivity index (χ3n) is 2.83. The fourth-order valence-electron chi connectivity index (χ4n) is 1.81. The zero-order valence-corrected chi connectivity index (χ0v) is 10.3. The van der Waals surface area contributed by atoms with E-state index in [-0.39, 0.29) is 5.78 Å². The number of carbonyl (C=O) groups excluding carboxylic acids is 1. The minimum Gasteiger partial charge on any atom is -0.294 e. The summed E-state index contributed by atoms with van der Waals surface area (Å²) in [5, 5.41) is 4.01. The SMILES string of the molecule is CC(=O)c1cnn(-c2ccc(C(F)(F)F)cc2)c1C. The van der Waals surface area contributed by atoms with Crippen molar-refractivity contribution in [2.45, 2.75) is 20.0 Å². The van der Waals surface area contributed by atoms with Gasteiger partial charge >= 0.3 is 6.18 Å². The predicted molar refractivity (Wildman–Crippen MR) is 63.3 cm³/mol. The molecule has 0 unspecified atom stereocenters. The molecular weight excluding hydrogens is 257 g/mol. The van der Waals surface area contributed by atoms with Crippen LogP contribution in [0.5, 0.6) is 0 Å². The second kappa shape index (κ2) is 4.53. The molecule has 0 spiro atoms. The Bertz CT molecular complexity index is 612. The summed E-state index contributed by atoms with van der Waals surface area (Å²) in [6.45, 7) is 3.11. The summed E-state index contributed by atoms with van der Waals surface area (Å²) in [5.41, 5.74) is 0.831. The van der Waals surface area contributed by atoms with Gasteiger partial charge in [0.25, 0.3) is 0 Å². The average Bonchev–Trinajstić information content (AvgIpc) is 2.70. The van der Waals surface area contributed by atoms with Crippen LogP contribution in [-0.2, 0) is 6.18 Å². The maximum Gasteiger partial charge on any atom is 0.416 e. The standard InChI is InChI=1S/C13H11F3N2O/c1-8-12(9(2)19)7-17-18(8)11-5-3-10(4-6-11)13(14,15)16/h3-7H,1-2H3. The molecule has 0 amide bonds. The minimum atomic E-state index is -4.36. The molecule has 2 aromatic rings. The summed E-state index contributed by atoms with van der Waals surface area (Å²) in [6.07, 6.45) is -2.95. The summed E-state index contributed by atoms with van der Waals surface area (Å²) < 4.78 is 38.8. The molecule has 1 heterocycles. The molecule has 0 aliphatic carbocycles. The second-order valence-electron chi connectivity index (χ2n) is 4.16. The quantitative estimate of drug-likeness (QED) is 0.782. The number of alkyl halides is 3. The van der Waals surface area contributed by atoms with Crippen molar-refractivity contribution in [1.29, 1.82) is 0 Å². The van der Waals surface area contributed by atoms with Gasteiger partial charge in [-0.15, -0.1) is 0 Å². The van der Waals surface area contributed by atoms with E-state index in [0.717, 1.165) is 12.1 Å². The monoisotopic (exact) mass is 268 g/mol. The number of halogens is 3. The number of hydrogen-bond acceptors (Lipinski definition) is 2. The zero-order valence-electron chi connectivity index (χ0n) is 10.3. The van der Waals surface area contributed by atoms with Gasteiger partial charge < -0.3 is 0 Å². The highest BCUT2D eigenvalue weighted by molar-refractivity contribution is 5.95. The molecule has 0 radical (unpaired) electrons. The molecule has 0 bridgehead atoms. The molecule has 0 saturated heterocycles. The molecule has 6 heteroatoms. The van der Waals surface area contributed by atoms with Crippen molar-refractivity contribution in [3.8, 4) is 5.69 Å². The molecule has 0 fully saturated rings. The van der Waals surface area contributed by atoms with Crippen LogP contribution >= 0.6 is 0 Å². The lowest BCUT2D eigenvalue weighted by Gasteiger charge is -2.09. The van der Waals surface area contributed by atoms with Gasteiger partial charge in [0.2, 0.25) is 0 Å². The van der Waals surface area contributed by atoms with E-state index < -0.39 is 11.7 Å². The summed E-state index contributed by atoms with van der Waals surface area (Å²) in [5.74, 6) is -0.129. The predicted octanol–water partition coefficient (Wildman–Crippen LogP) is 3.40. The molecule has 2 rings (SSSR count). The van der Waals surface area contributed by atoms with Gasteiger partial charge in [0.1, 0.15) is 0 Å². The Morgan fingerprint density at radius 3 is 2.21 bits per heavy atom. The van der Waals surface area contributed by atoms with Gasteiger partial charge in [-0.25, -0.2) is 4.68 Å². The van der Waals surface area contributed by atoms with E-state index in [0.29, 0.717) is 16.9 Å². The summed E-state index contributed by atoms with van der Waals surface area (Å²) in [4.78, 5) is 11.3. The van der Waals surface area contributed by atoms with Gasteiger partial charge in [0.15, 0.2) is 5.78 Å². The fourth-order valence-corrected chi connectivity index (χ4v) is 1.81. The smallest absolute Gasteiger partial charge is 0.294 e. The first-order valence-electron chi connectivity index (χ1n) is 5.54. The lowest BCUT2D eigenvalue weighted by molar-refractivity contribution is -0.137. The number of rotatable bonds is 2. The van der Waals surface area contributed by atoms with E-state index in [4.69, 9.17) is 0 Å². The molecular formula is C13H11F3N2O. The second-order valence-corrected chi connectivity index (χ2v) is 4.16. The van der Waals surface area contributed by atoms with Crippen molar-refractivity contribution in [1.82, 2.24) is 9.78 Å². The van der Waals surface area contributed by atoms with Gasteiger partial charge in [-0.1, -0.05) is 0 Å². The molecule has 19 heavy (non-hydrogen) atoms. The van der Waals surface area contributed by atoms with Gasteiger partial charge in [-0.2, -0.15) is 18.3 Å². The van der Waals surface area contributed by atoms with Crippen LogP contribution in [0.25, 0.3) is 5.69 Å².